The number of allylic oxidation sites excluding steroid dienone is 1. The lowest BCUT2D eigenvalue weighted by Crippen LogP contribution is -2.43. The zero-order valence-electron chi connectivity index (χ0n) is 25.0. The molecule has 3 aliphatic heterocycles. The summed E-state index contributed by atoms with van der Waals surface area (Å²) in [4.78, 5) is 42.2. The molecular weight excluding hydrogens is 554 g/mol. The number of pyridine rings is 1. The van der Waals surface area contributed by atoms with Crippen LogP contribution in [0.2, 0.25) is 0 Å². The molecule has 0 saturated carbocycles. The van der Waals surface area contributed by atoms with Crippen molar-refractivity contribution in [3.63, 3.8) is 0 Å². The van der Waals surface area contributed by atoms with Crippen LogP contribution in [0.15, 0.2) is 72.2 Å². The van der Waals surface area contributed by atoms with E-state index in [1.165, 1.54) is 5.69 Å². The first-order chi connectivity index (χ1) is 21.5. The van der Waals surface area contributed by atoms with E-state index in [1.807, 2.05) is 54.4 Å². The third-order valence-corrected chi connectivity index (χ3v) is 9.08. The van der Waals surface area contributed by atoms with Crippen LogP contribution in [-0.4, -0.2) is 73.3 Å². The highest BCUT2D eigenvalue weighted by Gasteiger charge is 2.34. The number of carbonyl (C=O) groups is 1. The van der Waals surface area contributed by atoms with Crippen LogP contribution in [0.25, 0.3) is 16.6 Å². The molecule has 10 nitrogen and oxygen atoms in total. The predicted octanol–water partition coefficient (Wildman–Crippen LogP) is 4.26. The molecule has 44 heavy (non-hydrogen) atoms. The van der Waals surface area contributed by atoms with Gasteiger partial charge >= 0.3 is 0 Å². The summed E-state index contributed by atoms with van der Waals surface area (Å²) in [5.74, 6) is 0.389. The molecule has 2 saturated heterocycles. The van der Waals surface area contributed by atoms with Gasteiger partial charge in [-0.15, -0.1) is 0 Å². The molecule has 4 aromatic rings. The van der Waals surface area contributed by atoms with E-state index in [4.69, 9.17) is 9.72 Å². The number of likely N-dealkylation sites (N-methyl/N-ethyl adjacent to an activating group) is 1. The Morgan fingerprint density at radius 2 is 1.80 bits per heavy atom. The van der Waals surface area contributed by atoms with Crippen molar-refractivity contribution in [1.82, 2.24) is 19.9 Å². The number of nitrogens with one attached hydrogen (secondary N) is 2. The average molecular weight is 592 g/mol. The van der Waals surface area contributed by atoms with Crippen LogP contribution >= 0.6 is 0 Å². The Morgan fingerprint density at radius 1 is 1.05 bits per heavy atom. The number of carbonyl (C=O) groups excluding carboxylic acids is 1. The van der Waals surface area contributed by atoms with Gasteiger partial charge in [-0.3, -0.25) is 14.2 Å². The highest BCUT2D eigenvalue weighted by atomic mass is 16.5. The number of rotatable bonds is 6. The summed E-state index contributed by atoms with van der Waals surface area (Å²) in [5.41, 5.74) is 4.90. The summed E-state index contributed by atoms with van der Waals surface area (Å²) in [6, 6.07) is 16.8. The van der Waals surface area contributed by atoms with Crippen LogP contribution in [0, 0.1) is 5.92 Å². The van der Waals surface area contributed by atoms with E-state index in [0.29, 0.717) is 47.9 Å². The van der Waals surface area contributed by atoms with E-state index in [0.717, 1.165) is 56.0 Å². The van der Waals surface area contributed by atoms with Crippen molar-refractivity contribution in [3.05, 3.63) is 88.9 Å². The van der Waals surface area contributed by atoms with Crippen LogP contribution in [0.4, 0.5) is 23.0 Å². The third-order valence-electron chi connectivity index (χ3n) is 9.08. The topological polar surface area (TPSA) is 105 Å². The van der Waals surface area contributed by atoms with E-state index >= 15 is 0 Å². The molecule has 0 radical (unpaired) electrons. The van der Waals surface area contributed by atoms with Crippen LogP contribution in [0.1, 0.15) is 34.8 Å². The van der Waals surface area contributed by atoms with Gasteiger partial charge < -0.3 is 25.2 Å². The molecule has 2 fully saturated rings. The van der Waals surface area contributed by atoms with Gasteiger partial charge in [0.2, 0.25) is 5.95 Å². The fourth-order valence-corrected chi connectivity index (χ4v) is 6.61. The summed E-state index contributed by atoms with van der Waals surface area (Å²) in [7, 11) is 1.95. The van der Waals surface area contributed by atoms with Gasteiger partial charge in [-0.2, -0.15) is 4.98 Å². The van der Waals surface area contributed by atoms with Gasteiger partial charge in [0.25, 0.3) is 5.56 Å². The molecule has 0 aliphatic carbocycles. The van der Waals surface area contributed by atoms with Crippen molar-refractivity contribution < 1.29 is 9.53 Å². The van der Waals surface area contributed by atoms with Crippen molar-refractivity contribution in [2.24, 2.45) is 5.92 Å². The summed E-state index contributed by atoms with van der Waals surface area (Å²) in [6.07, 6.45) is 3.34. The van der Waals surface area contributed by atoms with Crippen LogP contribution < -0.4 is 26.0 Å². The van der Waals surface area contributed by atoms with Gasteiger partial charge in [0.15, 0.2) is 5.78 Å². The molecule has 2 aromatic carbocycles. The minimum absolute atomic E-state index is 0.104. The molecule has 2 N–H and O–H groups in total. The maximum absolute atomic E-state index is 14.4. The van der Waals surface area contributed by atoms with E-state index in [-0.39, 0.29) is 17.3 Å². The molecule has 0 amide bonds. The molecule has 1 unspecified atom stereocenters. The Hall–Kier alpha value is -4.54. The Morgan fingerprint density at radius 3 is 2.57 bits per heavy atom. The standard InChI is InChI=1S/C34H37N7O3/c1-22(23-11-17-44-18-12-23)28-19-24-20-36-34(37-25-7-9-26(10-8-25)40-15-13-35-14-16-40)38-32(24)41(33(28)43)30-21-39(2)29-6-4-3-5-27(29)31(30)42/h3-10,19-20,23,30,35H,1,11-18,21H2,2H3,(H,36,37,38). The van der Waals surface area contributed by atoms with Gasteiger partial charge in [-0.05, 0) is 66.8 Å². The maximum atomic E-state index is 14.4. The Balaban J connectivity index is 1.29. The number of anilines is 4. The molecule has 7 rings (SSSR count). The second-order valence-electron chi connectivity index (χ2n) is 11.8. The number of ether oxygens (including phenoxy) is 1. The predicted molar refractivity (Wildman–Crippen MR) is 174 cm³/mol. The lowest BCUT2D eigenvalue weighted by atomic mass is 9.88. The highest BCUT2D eigenvalue weighted by molar-refractivity contribution is 6.06. The van der Waals surface area contributed by atoms with Gasteiger partial charge in [-0.1, -0.05) is 18.7 Å². The Bertz CT molecular complexity index is 1770. The fourth-order valence-electron chi connectivity index (χ4n) is 6.61. The SMILES string of the molecule is C=C(c1cc2cnc(Nc3ccc(N4CCNCC4)cc3)nc2n(C2CN(C)c3ccccc3C2=O)c1=O)C1CCOCC1. The number of hydrogen-bond acceptors (Lipinski definition) is 9. The van der Waals surface area contributed by atoms with Crippen molar-refractivity contribution in [3.8, 4) is 0 Å². The van der Waals surface area contributed by atoms with E-state index < -0.39 is 6.04 Å². The zero-order chi connectivity index (χ0) is 30.2. The molecule has 0 spiro atoms. The second-order valence-corrected chi connectivity index (χ2v) is 11.8. The van der Waals surface area contributed by atoms with Gasteiger partial charge in [0.1, 0.15) is 11.7 Å². The summed E-state index contributed by atoms with van der Waals surface area (Å²) >= 11 is 0. The molecule has 1 atom stereocenters. The maximum Gasteiger partial charge on any atom is 0.260 e. The number of Topliss-reactive ketones (excluding diaryl/α,β-unsaturated/α-hetero) is 1. The third kappa shape index (κ3) is 5.24. The molecule has 3 aliphatic rings. The van der Waals surface area contributed by atoms with Crippen molar-refractivity contribution in [1.29, 1.82) is 0 Å². The number of hydrogen-bond donors (Lipinski definition) is 2. The van der Waals surface area contributed by atoms with Gasteiger partial charge in [0, 0.05) is 92.8 Å². The molecule has 0 bridgehead atoms. The van der Waals surface area contributed by atoms with E-state index in [2.05, 4.69) is 39.2 Å². The number of fused-ring (bicyclic) bond motifs is 2. The zero-order valence-corrected chi connectivity index (χ0v) is 25.0. The summed E-state index contributed by atoms with van der Waals surface area (Å²) in [6.45, 7) is 9.88. The molecule has 226 valence electrons. The van der Waals surface area contributed by atoms with Gasteiger partial charge in [-0.25, -0.2) is 4.98 Å². The first-order valence-electron chi connectivity index (χ1n) is 15.3. The lowest BCUT2D eigenvalue weighted by molar-refractivity contribution is 0.0808. The monoisotopic (exact) mass is 591 g/mol. The minimum Gasteiger partial charge on any atom is -0.381 e. The Kier molecular flexibility index (Phi) is 7.61. The molecule has 10 heteroatoms. The number of para-hydroxylation sites is 1. The summed E-state index contributed by atoms with van der Waals surface area (Å²) < 4.78 is 7.13. The van der Waals surface area contributed by atoms with Crippen LogP contribution in [0.5, 0.6) is 0 Å². The first-order valence-corrected chi connectivity index (χ1v) is 15.3. The Labute approximate surface area is 256 Å². The molecule has 2 aromatic heterocycles. The quantitative estimate of drug-likeness (QED) is 0.340. The molecular formula is C34H37N7O3. The largest absolute Gasteiger partial charge is 0.381 e. The van der Waals surface area contributed by atoms with E-state index in [9.17, 15) is 9.59 Å². The number of ketones is 1. The summed E-state index contributed by atoms with van der Waals surface area (Å²) in [5, 5.41) is 7.37. The minimum atomic E-state index is -0.756. The highest BCUT2D eigenvalue weighted by Crippen LogP contribution is 2.34. The van der Waals surface area contributed by atoms with Crippen LogP contribution in [0.3, 0.4) is 0 Å². The van der Waals surface area contributed by atoms with Crippen molar-refractivity contribution in [2.75, 3.05) is 68.1 Å². The first kappa shape index (κ1) is 28.2. The smallest absolute Gasteiger partial charge is 0.260 e. The fraction of sp³-hybridized carbons (Fsp3) is 0.353. The van der Waals surface area contributed by atoms with Gasteiger partial charge in [0.05, 0.1) is 0 Å². The molecule has 5 heterocycles. The van der Waals surface area contributed by atoms with Crippen LogP contribution in [-0.2, 0) is 4.74 Å². The number of benzene rings is 2. The number of aromatic nitrogens is 3. The van der Waals surface area contributed by atoms with E-state index in [1.54, 1.807) is 10.8 Å². The number of nitrogens with zero attached hydrogens (tertiary/aromatic N) is 5. The normalized spacial score (nSPS) is 19.2. The van der Waals surface area contributed by atoms with Crippen molar-refractivity contribution in [2.45, 2.75) is 18.9 Å². The second kappa shape index (κ2) is 11.9. The van der Waals surface area contributed by atoms with Crippen molar-refractivity contribution >= 4 is 45.4 Å². The lowest BCUT2D eigenvalue weighted by Gasteiger charge is -2.34. The average Bonchev–Trinajstić information content (AvgIpc) is 3.07. The number of piperazine rings is 1.